The normalized spacial score (nSPS) is 15.1. The highest BCUT2D eigenvalue weighted by atomic mass is 16.5. The lowest BCUT2D eigenvalue weighted by molar-refractivity contribution is 0.0398. The van der Waals surface area contributed by atoms with Gasteiger partial charge in [0.15, 0.2) is 11.6 Å². The van der Waals surface area contributed by atoms with Gasteiger partial charge in [-0.25, -0.2) is 9.97 Å². The minimum absolute atomic E-state index is 0.531. The summed E-state index contributed by atoms with van der Waals surface area (Å²) in [5.41, 5.74) is 10.1. The van der Waals surface area contributed by atoms with Gasteiger partial charge in [-0.1, -0.05) is 6.07 Å². The minimum Gasteiger partial charge on any atom is -0.393 e. The lowest BCUT2D eigenvalue weighted by Crippen LogP contribution is -2.39. The molecule has 0 unspecified atom stereocenters. The third kappa shape index (κ3) is 4.80. The molecule has 0 aliphatic carbocycles. The average molecular weight is 342 g/mol. The zero-order valence-electron chi connectivity index (χ0n) is 14.9. The Morgan fingerprint density at radius 2 is 1.76 bits per heavy atom. The van der Waals surface area contributed by atoms with E-state index in [0.29, 0.717) is 17.3 Å². The largest absolute Gasteiger partial charge is 0.393 e. The van der Waals surface area contributed by atoms with Crippen LogP contribution in [-0.4, -0.2) is 54.3 Å². The highest BCUT2D eigenvalue weighted by Crippen LogP contribution is 2.26. The highest BCUT2D eigenvalue weighted by Gasteiger charge is 2.11. The Morgan fingerprint density at radius 3 is 2.48 bits per heavy atom. The van der Waals surface area contributed by atoms with Crippen LogP contribution < -0.4 is 16.4 Å². The Labute approximate surface area is 148 Å². The number of aryl methyl sites for hydroxylation is 2. The van der Waals surface area contributed by atoms with Gasteiger partial charge in [0.25, 0.3) is 0 Å². The van der Waals surface area contributed by atoms with Crippen molar-refractivity contribution in [2.24, 2.45) is 0 Å². The SMILES string of the molecule is Cc1cc(C)cc(Nc2ncnc(NCCN3CCOCC3)c2N)c1. The second-order valence-electron chi connectivity index (χ2n) is 6.37. The number of benzene rings is 1. The van der Waals surface area contributed by atoms with Gasteiger partial charge in [0.2, 0.25) is 0 Å². The fourth-order valence-electron chi connectivity index (χ4n) is 2.98. The summed E-state index contributed by atoms with van der Waals surface area (Å²) in [4.78, 5) is 10.9. The molecule has 0 saturated carbocycles. The summed E-state index contributed by atoms with van der Waals surface area (Å²) in [5, 5.41) is 6.60. The molecule has 1 aliphatic heterocycles. The molecule has 0 bridgehead atoms. The van der Waals surface area contributed by atoms with Crippen LogP contribution >= 0.6 is 0 Å². The van der Waals surface area contributed by atoms with Gasteiger partial charge in [-0.15, -0.1) is 0 Å². The van der Waals surface area contributed by atoms with E-state index in [1.165, 1.54) is 17.5 Å². The second-order valence-corrected chi connectivity index (χ2v) is 6.37. The molecule has 1 fully saturated rings. The molecule has 0 amide bonds. The lowest BCUT2D eigenvalue weighted by atomic mass is 10.1. The van der Waals surface area contributed by atoms with Crippen molar-refractivity contribution in [2.75, 3.05) is 55.8 Å². The molecule has 0 spiro atoms. The molecule has 25 heavy (non-hydrogen) atoms. The van der Waals surface area contributed by atoms with E-state index >= 15 is 0 Å². The third-order valence-corrected chi connectivity index (χ3v) is 4.19. The summed E-state index contributed by atoms with van der Waals surface area (Å²) in [7, 11) is 0. The molecular weight excluding hydrogens is 316 g/mol. The zero-order chi connectivity index (χ0) is 17.6. The lowest BCUT2D eigenvalue weighted by Gasteiger charge is -2.26. The topological polar surface area (TPSA) is 88.3 Å². The summed E-state index contributed by atoms with van der Waals surface area (Å²) in [5.74, 6) is 1.28. The Hall–Kier alpha value is -2.38. The number of rotatable bonds is 6. The molecule has 3 rings (SSSR count). The van der Waals surface area contributed by atoms with Crippen LogP contribution in [0.3, 0.4) is 0 Å². The molecule has 2 heterocycles. The predicted molar refractivity (Wildman–Crippen MR) is 101 cm³/mol. The summed E-state index contributed by atoms with van der Waals surface area (Å²) in [6.07, 6.45) is 1.53. The van der Waals surface area contributed by atoms with Crippen molar-refractivity contribution >= 4 is 23.0 Å². The summed E-state index contributed by atoms with van der Waals surface area (Å²) >= 11 is 0. The van der Waals surface area contributed by atoms with E-state index in [4.69, 9.17) is 10.5 Å². The van der Waals surface area contributed by atoms with Crippen molar-refractivity contribution in [1.82, 2.24) is 14.9 Å². The van der Waals surface area contributed by atoms with Crippen LogP contribution in [0.4, 0.5) is 23.0 Å². The maximum atomic E-state index is 6.24. The van der Waals surface area contributed by atoms with Crippen molar-refractivity contribution in [2.45, 2.75) is 13.8 Å². The van der Waals surface area contributed by atoms with E-state index in [9.17, 15) is 0 Å². The molecule has 0 atom stereocenters. The van der Waals surface area contributed by atoms with Crippen LogP contribution in [-0.2, 0) is 4.74 Å². The fraction of sp³-hybridized carbons (Fsp3) is 0.444. The maximum absolute atomic E-state index is 6.24. The molecule has 1 aliphatic rings. The highest BCUT2D eigenvalue weighted by molar-refractivity contribution is 5.77. The molecule has 7 heteroatoms. The quantitative estimate of drug-likeness (QED) is 0.741. The van der Waals surface area contributed by atoms with Gasteiger partial charge >= 0.3 is 0 Å². The fourth-order valence-corrected chi connectivity index (χ4v) is 2.98. The number of nitrogen functional groups attached to an aromatic ring is 1. The van der Waals surface area contributed by atoms with Gasteiger partial charge in [0.1, 0.15) is 12.0 Å². The Bertz CT molecular complexity index is 694. The van der Waals surface area contributed by atoms with Crippen molar-refractivity contribution in [3.05, 3.63) is 35.7 Å². The number of hydrogen-bond acceptors (Lipinski definition) is 7. The average Bonchev–Trinajstić information content (AvgIpc) is 2.58. The van der Waals surface area contributed by atoms with Gasteiger partial charge < -0.3 is 21.1 Å². The van der Waals surface area contributed by atoms with Crippen molar-refractivity contribution in [3.8, 4) is 0 Å². The standard InChI is InChI=1S/C18H26N6O/c1-13-9-14(2)11-15(10-13)23-18-16(19)17(21-12-22-18)20-3-4-24-5-7-25-8-6-24/h9-12H,3-8,19H2,1-2H3,(H2,20,21,22,23). The maximum Gasteiger partial charge on any atom is 0.159 e. The first kappa shape index (κ1) is 17.4. The number of ether oxygens (including phenoxy) is 1. The van der Waals surface area contributed by atoms with E-state index in [1.807, 2.05) is 0 Å². The van der Waals surface area contributed by atoms with Gasteiger partial charge in [-0.05, 0) is 37.1 Å². The van der Waals surface area contributed by atoms with Crippen molar-refractivity contribution < 1.29 is 4.74 Å². The Balaban J connectivity index is 1.63. The van der Waals surface area contributed by atoms with E-state index in [0.717, 1.165) is 45.1 Å². The van der Waals surface area contributed by atoms with Crippen molar-refractivity contribution in [3.63, 3.8) is 0 Å². The molecular formula is C18H26N6O. The first-order valence-corrected chi connectivity index (χ1v) is 8.61. The monoisotopic (exact) mass is 342 g/mol. The Morgan fingerprint density at radius 1 is 1.08 bits per heavy atom. The van der Waals surface area contributed by atoms with Crippen LogP contribution in [0.5, 0.6) is 0 Å². The summed E-state index contributed by atoms with van der Waals surface area (Å²) in [6, 6.07) is 6.27. The number of nitrogens with zero attached hydrogens (tertiary/aromatic N) is 3. The van der Waals surface area contributed by atoms with Crippen LogP contribution in [0.25, 0.3) is 0 Å². The zero-order valence-corrected chi connectivity index (χ0v) is 14.9. The number of nitrogens with one attached hydrogen (secondary N) is 2. The van der Waals surface area contributed by atoms with Crippen LogP contribution in [0.2, 0.25) is 0 Å². The number of anilines is 4. The molecule has 4 N–H and O–H groups in total. The molecule has 1 aromatic heterocycles. The molecule has 1 aromatic carbocycles. The molecule has 0 radical (unpaired) electrons. The first-order valence-electron chi connectivity index (χ1n) is 8.61. The smallest absolute Gasteiger partial charge is 0.159 e. The van der Waals surface area contributed by atoms with Gasteiger partial charge in [0.05, 0.1) is 13.2 Å². The van der Waals surface area contributed by atoms with Crippen LogP contribution in [0.15, 0.2) is 24.5 Å². The predicted octanol–water partition coefficient (Wildman–Crippen LogP) is 2.16. The van der Waals surface area contributed by atoms with Crippen molar-refractivity contribution in [1.29, 1.82) is 0 Å². The van der Waals surface area contributed by atoms with E-state index in [2.05, 4.69) is 57.5 Å². The van der Waals surface area contributed by atoms with E-state index in [1.54, 1.807) is 0 Å². The third-order valence-electron chi connectivity index (χ3n) is 4.19. The van der Waals surface area contributed by atoms with Gasteiger partial charge in [-0.3, -0.25) is 4.90 Å². The van der Waals surface area contributed by atoms with Gasteiger partial charge in [0, 0.05) is 31.9 Å². The number of hydrogen-bond donors (Lipinski definition) is 3. The number of nitrogens with two attached hydrogens (primary N) is 1. The summed E-state index contributed by atoms with van der Waals surface area (Å²) < 4.78 is 5.36. The Kier molecular flexibility index (Phi) is 5.67. The van der Waals surface area contributed by atoms with Crippen LogP contribution in [0, 0.1) is 13.8 Å². The first-order chi connectivity index (χ1) is 12.1. The van der Waals surface area contributed by atoms with E-state index in [-0.39, 0.29) is 0 Å². The number of aromatic nitrogens is 2. The molecule has 2 aromatic rings. The van der Waals surface area contributed by atoms with Crippen LogP contribution in [0.1, 0.15) is 11.1 Å². The second kappa shape index (κ2) is 8.13. The minimum atomic E-state index is 0.531. The van der Waals surface area contributed by atoms with Gasteiger partial charge in [-0.2, -0.15) is 0 Å². The molecule has 134 valence electrons. The molecule has 7 nitrogen and oxygen atoms in total. The molecule has 1 saturated heterocycles. The summed E-state index contributed by atoms with van der Waals surface area (Å²) in [6.45, 7) is 9.41. The number of morpholine rings is 1. The van der Waals surface area contributed by atoms with E-state index < -0.39 is 0 Å².